The molecule has 3 nitrogen and oxygen atoms in total. The molecule has 0 aromatic carbocycles. The van der Waals surface area contributed by atoms with E-state index in [2.05, 4.69) is 6.07 Å². The van der Waals surface area contributed by atoms with Crippen molar-refractivity contribution in [1.29, 1.82) is 5.26 Å². The molecular weight excluding hydrogens is 246 g/mol. The van der Waals surface area contributed by atoms with Crippen LogP contribution in [0.2, 0.25) is 0 Å². The van der Waals surface area contributed by atoms with Crippen LogP contribution in [0.1, 0.15) is 44.9 Å². The molecule has 0 amide bonds. The molecule has 0 radical (unpaired) electrons. The monoisotopic (exact) mass is 261 g/mol. The van der Waals surface area contributed by atoms with Crippen LogP contribution in [-0.4, -0.2) is 13.2 Å². The van der Waals surface area contributed by atoms with Gasteiger partial charge in [0.05, 0.1) is 16.7 Å². The van der Waals surface area contributed by atoms with Gasteiger partial charge in [-0.2, -0.15) is 5.26 Å². The molecule has 0 aromatic heterocycles. The van der Waals surface area contributed by atoms with Gasteiger partial charge in [0.1, 0.15) is 0 Å². The number of nitrogens with zero attached hydrogens (tertiary/aromatic N) is 1. The Morgan fingerprint density at radius 1 is 1.38 bits per heavy atom. The molecule has 1 atom stereocenters. The van der Waals surface area contributed by atoms with Crippen molar-refractivity contribution in [3.05, 3.63) is 0 Å². The van der Waals surface area contributed by atoms with Gasteiger partial charge in [-0.15, -0.1) is 0 Å². The first-order valence-electron chi connectivity index (χ1n) is 5.82. The van der Waals surface area contributed by atoms with Crippen LogP contribution >= 0.6 is 10.7 Å². The van der Waals surface area contributed by atoms with Crippen molar-refractivity contribution in [2.24, 2.45) is 11.8 Å². The summed E-state index contributed by atoms with van der Waals surface area (Å²) in [6.45, 7) is 0. The summed E-state index contributed by atoms with van der Waals surface area (Å²) in [5.41, 5.74) is 0. The smallest absolute Gasteiger partial charge is 0.212 e. The molecule has 2 rings (SSSR count). The summed E-state index contributed by atoms with van der Waals surface area (Å²) in [5, 5.41) is 9.16. The molecule has 90 valence electrons. The van der Waals surface area contributed by atoms with E-state index >= 15 is 0 Å². The van der Waals surface area contributed by atoms with Crippen molar-refractivity contribution in [2.45, 2.75) is 49.7 Å². The molecule has 2 aliphatic carbocycles. The zero-order valence-corrected chi connectivity index (χ0v) is 10.7. The molecule has 0 heterocycles. The Bertz CT molecular complexity index is 402. The zero-order chi connectivity index (χ0) is 11.8. The molecular formula is C11H16ClNO2S. The minimum atomic E-state index is -3.50. The fourth-order valence-corrected chi connectivity index (χ4v) is 4.39. The van der Waals surface area contributed by atoms with Gasteiger partial charge in [-0.3, -0.25) is 0 Å². The van der Waals surface area contributed by atoms with Gasteiger partial charge in [-0.1, -0.05) is 12.8 Å². The molecule has 0 aromatic rings. The quantitative estimate of drug-likeness (QED) is 0.731. The summed E-state index contributed by atoms with van der Waals surface area (Å²) in [7, 11) is 1.95. The van der Waals surface area contributed by atoms with E-state index in [0.717, 1.165) is 12.8 Å². The van der Waals surface area contributed by atoms with Crippen LogP contribution in [0.4, 0.5) is 0 Å². The highest BCUT2D eigenvalue weighted by molar-refractivity contribution is 8.15. The van der Waals surface area contributed by atoms with E-state index in [1.807, 2.05) is 0 Å². The van der Waals surface area contributed by atoms with Gasteiger partial charge in [-0.25, -0.2) is 8.42 Å². The van der Waals surface area contributed by atoms with Crippen LogP contribution in [0.25, 0.3) is 0 Å². The number of halogens is 1. The van der Waals surface area contributed by atoms with Crippen LogP contribution in [-0.2, 0) is 9.05 Å². The lowest BCUT2D eigenvalue weighted by Crippen LogP contribution is -2.24. The predicted molar refractivity (Wildman–Crippen MR) is 62.4 cm³/mol. The Kier molecular flexibility index (Phi) is 3.20. The molecule has 0 aliphatic heterocycles. The predicted octanol–water partition coefficient (Wildman–Crippen LogP) is 2.81. The van der Waals surface area contributed by atoms with Gasteiger partial charge in [0.2, 0.25) is 9.05 Å². The van der Waals surface area contributed by atoms with Crippen molar-refractivity contribution in [3.8, 4) is 6.07 Å². The normalized spacial score (nSPS) is 26.2. The SMILES string of the molecule is N#CC(CC1(S(=O)(=O)Cl)CC1)C1CCCC1. The Morgan fingerprint density at radius 2 is 1.94 bits per heavy atom. The Balaban J connectivity index is 2.06. The average molecular weight is 262 g/mol. The highest BCUT2D eigenvalue weighted by Crippen LogP contribution is 2.52. The van der Waals surface area contributed by atoms with E-state index in [-0.39, 0.29) is 5.92 Å². The Hall–Kier alpha value is -0.270. The number of hydrogen-bond acceptors (Lipinski definition) is 3. The second-order valence-corrected chi connectivity index (χ2v) is 8.07. The summed E-state index contributed by atoms with van der Waals surface area (Å²) in [6.07, 6.45) is 6.17. The molecule has 0 bridgehead atoms. The number of hydrogen-bond donors (Lipinski definition) is 0. The largest absolute Gasteiger partial charge is 0.238 e. The van der Waals surface area contributed by atoms with Crippen molar-refractivity contribution >= 4 is 19.7 Å². The van der Waals surface area contributed by atoms with Gasteiger partial charge in [0, 0.05) is 10.7 Å². The van der Waals surface area contributed by atoms with E-state index in [1.165, 1.54) is 12.8 Å². The highest BCUT2D eigenvalue weighted by atomic mass is 35.7. The van der Waals surface area contributed by atoms with Gasteiger partial charge in [-0.05, 0) is 38.0 Å². The van der Waals surface area contributed by atoms with Crippen LogP contribution in [0.15, 0.2) is 0 Å². The molecule has 16 heavy (non-hydrogen) atoms. The molecule has 2 aliphatic rings. The molecule has 1 unspecified atom stereocenters. The van der Waals surface area contributed by atoms with E-state index in [1.54, 1.807) is 0 Å². The third-order valence-corrected chi connectivity index (χ3v) is 6.64. The molecule has 2 saturated carbocycles. The van der Waals surface area contributed by atoms with E-state index in [4.69, 9.17) is 15.9 Å². The highest BCUT2D eigenvalue weighted by Gasteiger charge is 2.55. The average Bonchev–Trinajstić information content (AvgIpc) is 2.81. The molecule has 2 fully saturated rings. The van der Waals surface area contributed by atoms with Gasteiger partial charge >= 0.3 is 0 Å². The van der Waals surface area contributed by atoms with Crippen molar-refractivity contribution in [2.75, 3.05) is 0 Å². The lowest BCUT2D eigenvalue weighted by Gasteiger charge is -2.20. The lowest BCUT2D eigenvalue weighted by molar-refractivity contribution is 0.380. The molecule has 0 spiro atoms. The topological polar surface area (TPSA) is 57.9 Å². The van der Waals surface area contributed by atoms with Crippen LogP contribution in [0, 0.1) is 23.2 Å². The van der Waals surface area contributed by atoms with Crippen molar-refractivity contribution < 1.29 is 8.42 Å². The minimum absolute atomic E-state index is 0.126. The molecule has 0 N–H and O–H groups in total. The lowest BCUT2D eigenvalue weighted by atomic mass is 9.87. The van der Waals surface area contributed by atoms with Gasteiger partial charge < -0.3 is 0 Å². The first-order valence-corrected chi connectivity index (χ1v) is 8.13. The van der Waals surface area contributed by atoms with Gasteiger partial charge in [0.25, 0.3) is 0 Å². The third-order valence-electron chi connectivity index (χ3n) is 4.05. The zero-order valence-electron chi connectivity index (χ0n) is 9.15. The van der Waals surface area contributed by atoms with Crippen molar-refractivity contribution in [1.82, 2.24) is 0 Å². The Labute approximate surface area is 101 Å². The summed E-state index contributed by atoms with van der Waals surface area (Å²) in [6, 6.07) is 2.29. The molecule has 5 heteroatoms. The Morgan fingerprint density at radius 3 is 2.31 bits per heavy atom. The van der Waals surface area contributed by atoms with E-state index < -0.39 is 13.8 Å². The standard InChI is InChI=1S/C11H16ClNO2S/c12-16(14,15)11(5-6-11)7-10(8-13)9-3-1-2-4-9/h9-10H,1-7H2. The number of nitriles is 1. The van der Waals surface area contributed by atoms with Crippen LogP contribution in [0.3, 0.4) is 0 Å². The van der Waals surface area contributed by atoms with Crippen LogP contribution < -0.4 is 0 Å². The second kappa shape index (κ2) is 4.19. The molecule has 0 saturated heterocycles. The third kappa shape index (κ3) is 2.21. The van der Waals surface area contributed by atoms with Crippen molar-refractivity contribution in [3.63, 3.8) is 0 Å². The number of rotatable bonds is 4. The maximum Gasteiger partial charge on any atom is 0.238 e. The first-order chi connectivity index (χ1) is 7.48. The summed E-state index contributed by atoms with van der Waals surface area (Å²) in [5.74, 6) is 0.263. The summed E-state index contributed by atoms with van der Waals surface area (Å²) < 4.78 is 22.1. The fourth-order valence-electron chi connectivity index (χ4n) is 2.77. The second-order valence-electron chi connectivity index (χ2n) is 5.11. The van der Waals surface area contributed by atoms with E-state index in [9.17, 15) is 8.42 Å². The maximum absolute atomic E-state index is 11.4. The summed E-state index contributed by atoms with van der Waals surface area (Å²) >= 11 is 0. The fraction of sp³-hybridized carbons (Fsp3) is 0.909. The van der Waals surface area contributed by atoms with E-state index in [0.29, 0.717) is 25.2 Å². The van der Waals surface area contributed by atoms with Gasteiger partial charge in [0.15, 0.2) is 0 Å². The summed E-state index contributed by atoms with van der Waals surface area (Å²) in [4.78, 5) is 0. The maximum atomic E-state index is 11.4. The van der Waals surface area contributed by atoms with Crippen LogP contribution in [0.5, 0.6) is 0 Å². The minimum Gasteiger partial charge on any atom is -0.212 e. The first kappa shape index (κ1) is 12.2.